The first-order valence-electron chi connectivity index (χ1n) is 7.64. The Balaban J connectivity index is 1.74. The normalized spacial score (nSPS) is 11.4. The van der Waals surface area contributed by atoms with E-state index in [2.05, 4.69) is 25.0 Å². The van der Waals surface area contributed by atoms with Crippen LogP contribution in [0.5, 0.6) is 0 Å². The summed E-state index contributed by atoms with van der Waals surface area (Å²) in [6, 6.07) is 8.67. The summed E-state index contributed by atoms with van der Waals surface area (Å²) in [5.41, 5.74) is 2.50. The molecule has 0 radical (unpaired) electrons. The molecule has 3 aromatic rings. The second-order valence-corrected chi connectivity index (χ2v) is 5.99. The van der Waals surface area contributed by atoms with E-state index in [4.69, 9.17) is 11.6 Å². The number of benzene rings is 1. The quantitative estimate of drug-likeness (QED) is 0.719. The Morgan fingerprint density at radius 2 is 1.96 bits per heavy atom. The average Bonchev–Trinajstić information content (AvgIpc) is 3.10. The van der Waals surface area contributed by atoms with Crippen LogP contribution >= 0.6 is 11.6 Å². The first-order valence-corrected chi connectivity index (χ1v) is 8.02. The lowest BCUT2D eigenvalue weighted by Crippen LogP contribution is -2.23. The van der Waals surface area contributed by atoms with Crippen molar-refractivity contribution in [1.82, 2.24) is 20.4 Å². The third-order valence-electron chi connectivity index (χ3n) is 3.63. The minimum atomic E-state index is -4.71. The van der Waals surface area contributed by atoms with E-state index in [-0.39, 0.29) is 18.0 Å². The van der Waals surface area contributed by atoms with Gasteiger partial charge in [0, 0.05) is 22.5 Å². The maximum atomic E-state index is 12.4. The van der Waals surface area contributed by atoms with Gasteiger partial charge in [-0.25, -0.2) is 0 Å². The molecule has 0 spiro atoms. The standard InChI is InChI=1S/C17H12ClF3N4O2/c1-9-13(10-2-4-12(18)5-3-10)6-11(7-22-9)15(26)23-8-14-24-16(25-27-14)17(19,20)21/h2-7H,8H2,1H3,(H,23,26). The number of rotatable bonds is 4. The molecule has 10 heteroatoms. The highest BCUT2D eigenvalue weighted by molar-refractivity contribution is 6.30. The maximum Gasteiger partial charge on any atom is 0.455 e. The molecule has 1 N–H and O–H groups in total. The Bertz CT molecular complexity index is 971. The van der Waals surface area contributed by atoms with E-state index in [0.717, 1.165) is 11.1 Å². The molecule has 1 amide bonds. The van der Waals surface area contributed by atoms with Crippen LogP contribution in [0.15, 0.2) is 41.1 Å². The fourth-order valence-electron chi connectivity index (χ4n) is 2.28. The zero-order valence-corrected chi connectivity index (χ0v) is 14.6. The molecule has 0 aliphatic carbocycles. The molecular formula is C17H12ClF3N4O2. The molecule has 0 bridgehead atoms. The van der Waals surface area contributed by atoms with E-state index in [0.29, 0.717) is 10.7 Å². The van der Waals surface area contributed by atoms with Crippen molar-refractivity contribution in [2.24, 2.45) is 0 Å². The third-order valence-corrected chi connectivity index (χ3v) is 3.88. The van der Waals surface area contributed by atoms with Crippen molar-refractivity contribution in [2.75, 3.05) is 0 Å². The van der Waals surface area contributed by atoms with Crippen LogP contribution in [0.25, 0.3) is 11.1 Å². The van der Waals surface area contributed by atoms with Gasteiger partial charge in [-0.05, 0) is 30.7 Å². The van der Waals surface area contributed by atoms with Gasteiger partial charge in [-0.2, -0.15) is 18.2 Å². The van der Waals surface area contributed by atoms with Gasteiger partial charge in [0.2, 0.25) is 5.89 Å². The highest BCUT2D eigenvalue weighted by Crippen LogP contribution is 2.26. The number of aromatic nitrogens is 3. The number of amides is 1. The predicted octanol–water partition coefficient (Wildman–Crippen LogP) is 4.04. The fourth-order valence-corrected chi connectivity index (χ4v) is 2.40. The molecule has 0 saturated heterocycles. The molecule has 0 aliphatic heterocycles. The van der Waals surface area contributed by atoms with E-state index in [1.165, 1.54) is 6.20 Å². The Hall–Kier alpha value is -2.94. The summed E-state index contributed by atoms with van der Waals surface area (Å²) in [6.45, 7) is 1.45. The Morgan fingerprint density at radius 1 is 1.26 bits per heavy atom. The van der Waals surface area contributed by atoms with Crippen LogP contribution in [-0.4, -0.2) is 21.0 Å². The molecule has 0 unspecified atom stereocenters. The second-order valence-electron chi connectivity index (χ2n) is 5.56. The number of hydrogen-bond acceptors (Lipinski definition) is 5. The summed E-state index contributed by atoms with van der Waals surface area (Å²) in [4.78, 5) is 19.7. The average molecular weight is 397 g/mol. The molecule has 0 aliphatic rings. The molecule has 140 valence electrons. The Labute approximate surface area is 156 Å². The largest absolute Gasteiger partial charge is 0.455 e. The topological polar surface area (TPSA) is 80.9 Å². The van der Waals surface area contributed by atoms with Crippen molar-refractivity contribution in [3.63, 3.8) is 0 Å². The van der Waals surface area contributed by atoms with Gasteiger partial charge in [0.1, 0.15) is 0 Å². The van der Waals surface area contributed by atoms with Gasteiger partial charge in [0.15, 0.2) is 0 Å². The van der Waals surface area contributed by atoms with Crippen LogP contribution in [-0.2, 0) is 12.7 Å². The van der Waals surface area contributed by atoms with E-state index in [1.54, 1.807) is 37.3 Å². The van der Waals surface area contributed by atoms with Gasteiger partial charge in [0.05, 0.1) is 12.1 Å². The highest BCUT2D eigenvalue weighted by Gasteiger charge is 2.37. The Morgan fingerprint density at radius 3 is 2.59 bits per heavy atom. The number of carbonyl (C=O) groups excluding carboxylic acids is 1. The Kier molecular flexibility index (Phi) is 5.13. The maximum absolute atomic E-state index is 12.4. The van der Waals surface area contributed by atoms with Gasteiger partial charge >= 0.3 is 6.18 Å². The number of pyridine rings is 1. The van der Waals surface area contributed by atoms with Crippen LogP contribution in [0.3, 0.4) is 0 Å². The zero-order chi connectivity index (χ0) is 19.6. The summed E-state index contributed by atoms with van der Waals surface area (Å²) in [6.07, 6.45) is -3.33. The molecule has 0 saturated carbocycles. The predicted molar refractivity (Wildman–Crippen MR) is 89.9 cm³/mol. The number of aryl methyl sites for hydroxylation is 1. The number of alkyl halides is 3. The number of nitrogens with zero attached hydrogens (tertiary/aromatic N) is 3. The zero-order valence-electron chi connectivity index (χ0n) is 13.8. The summed E-state index contributed by atoms with van der Waals surface area (Å²) in [5.74, 6) is -2.29. The number of carbonyl (C=O) groups is 1. The number of hydrogen-bond donors (Lipinski definition) is 1. The van der Waals surface area contributed by atoms with Crippen LogP contribution in [0.4, 0.5) is 13.2 Å². The van der Waals surface area contributed by atoms with Crippen LogP contribution in [0.1, 0.15) is 27.8 Å². The lowest BCUT2D eigenvalue weighted by molar-refractivity contribution is -0.146. The number of nitrogens with one attached hydrogen (secondary N) is 1. The minimum Gasteiger partial charge on any atom is -0.343 e. The van der Waals surface area contributed by atoms with E-state index < -0.39 is 17.9 Å². The van der Waals surface area contributed by atoms with Crippen LogP contribution in [0, 0.1) is 6.92 Å². The molecular weight excluding hydrogens is 385 g/mol. The summed E-state index contributed by atoms with van der Waals surface area (Å²) < 4.78 is 41.8. The lowest BCUT2D eigenvalue weighted by atomic mass is 10.0. The van der Waals surface area contributed by atoms with E-state index in [1.807, 2.05) is 0 Å². The van der Waals surface area contributed by atoms with E-state index in [9.17, 15) is 18.0 Å². The monoisotopic (exact) mass is 396 g/mol. The van der Waals surface area contributed by atoms with Crippen molar-refractivity contribution in [1.29, 1.82) is 0 Å². The smallest absolute Gasteiger partial charge is 0.343 e. The first-order chi connectivity index (χ1) is 12.7. The summed E-state index contributed by atoms with van der Waals surface area (Å²) in [5, 5.41) is 5.83. The molecule has 1 aromatic carbocycles. The van der Waals surface area contributed by atoms with Crippen molar-refractivity contribution in [3.05, 3.63) is 64.5 Å². The highest BCUT2D eigenvalue weighted by atomic mass is 35.5. The van der Waals surface area contributed by atoms with Crippen molar-refractivity contribution >= 4 is 17.5 Å². The van der Waals surface area contributed by atoms with Crippen molar-refractivity contribution in [3.8, 4) is 11.1 Å². The van der Waals surface area contributed by atoms with Crippen molar-refractivity contribution in [2.45, 2.75) is 19.6 Å². The van der Waals surface area contributed by atoms with Gasteiger partial charge in [-0.15, -0.1) is 0 Å². The fraction of sp³-hybridized carbons (Fsp3) is 0.176. The van der Waals surface area contributed by atoms with Gasteiger partial charge in [0.25, 0.3) is 11.7 Å². The van der Waals surface area contributed by atoms with E-state index >= 15 is 0 Å². The molecule has 6 nitrogen and oxygen atoms in total. The van der Waals surface area contributed by atoms with Gasteiger partial charge in [-0.1, -0.05) is 28.9 Å². The summed E-state index contributed by atoms with van der Waals surface area (Å²) in [7, 11) is 0. The second kappa shape index (κ2) is 7.36. The molecule has 27 heavy (non-hydrogen) atoms. The molecule has 3 rings (SSSR count). The third kappa shape index (κ3) is 4.43. The van der Waals surface area contributed by atoms with Gasteiger partial charge < -0.3 is 9.84 Å². The summed E-state index contributed by atoms with van der Waals surface area (Å²) >= 11 is 5.88. The minimum absolute atomic E-state index is 0.237. The first kappa shape index (κ1) is 18.8. The van der Waals surface area contributed by atoms with Crippen LogP contribution in [0.2, 0.25) is 5.02 Å². The molecule has 0 fully saturated rings. The van der Waals surface area contributed by atoms with Crippen LogP contribution < -0.4 is 5.32 Å². The molecule has 2 aromatic heterocycles. The molecule has 2 heterocycles. The number of halogens is 4. The SMILES string of the molecule is Cc1ncc(C(=O)NCc2nc(C(F)(F)F)no2)cc1-c1ccc(Cl)cc1. The molecule has 0 atom stereocenters. The lowest BCUT2D eigenvalue weighted by Gasteiger charge is -2.09. The van der Waals surface area contributed by atoms with Gasteiger partial charge in [-0.3, -0.25) is 9.78 Å². The van der Waals surface area contributed by atoms with Crippen molar-refractivity contribution < 1.29 is 22.5 Å².